The van der Waals surface area contributed by atoms with Crippen LogP contribution in [-0.4, -0.2) is 17.8 Å². The second kappa shape index (κ2) is 5.67. The number of halogens is 3. The number of alkyl halides is 1. The van der Waals surface area contributed by atoms with Crippen molar-refractivity contribution in [3.05, 3.63) is 29.0 Å². The highest BCUT2D eigenvalue weighted by atomic mass is 35.5. The maximum Gasteiger partial charge on any atom is 0.325 e. The predicted molar refractivity (Wildman–Crippen MR) is 59.3 cm³/mol. The van der Waals surface area contributed by atoms with Crippen molar-refractivity contribution in [2.24, 2.45) is 0 Å². The molecule has 0 spiro atoms. The number of hydrogen-bond donors (Lipinski definition) is 2. The van der Waals surface area contributed by atoms with Gasteiger partial charge in [-0.2, -0.15) is 0 Å². The lowest BCUT2D eigenvalue weighted by Crippen LogP contribution is -2.35. The predicted octanol–water partition coefficient (Wildman–Crippen LogP) is 2.37. The summed E-state index contributed by atoms with van der Waals surface area (Å²) in [5, 5.41) is 4.13. The zero-order chi connectivity index (χ0) is 12.1. The number of nitrogens with one attached hydrogen (secondary N) is 2. The Balaban J connectivity index is 2.63. The Morgan fingerprint density at radius 1 is 1.38 bits per heavy atom. The highest BCUT2D eigenvalue weighted by Gasteiger charge is 2.07. The average Bonchev–Trinajstić information content (AvgIpc) is 2.23. The Kier molecular flexibility index (Phi) is 4.52. The molecule has 0 radical (unpaired) electrons. The Labute approximate surface area is 101 Å². The summed E-state index contributed by atoms with van der Waals surface area (Å²) in [7, 11) is 0. The molecule has 4 nitrogen and oxygen atoms in total. The SMILES string of the molecule is O=C(CCl)NC(=O)Nc1ccc(Cl)c(F)c1. The first-order chi connectivity index (χ1) is 7.52. The molecular formula is C9H7Cl2FN2O2. The minimum atomic E-state index is -0.785. The maximum atomic E-state index is 13.0. The van der Waals surface area contributed by atoms with Gasteiger partial charge in [0.25, 0.3) is 0 Å². The lowest BCUT2D eigenvalue weighted by atomic mass is 10.3. The summed E-state index contributed by atoms with van der Waals surface area (Å²) in [5.74, 6) is -1.64. The van der Waals surface area contributed by atoms with Crippen LogP contribution in [0.5, 0.6) is 0 Å². The van der Waals surface area contributed by atoms with Gasteiger partial charge < -0.3 is 5.32 Å². The first-order valence-electron chi connectivity index (χ1n) is 4.15. The molecule has 2 N–H and O–H groups in total. The van der Waals surface area contributed by atoms with Crippen LogP contribution in [0, 0.1) is 5.82 Å². The van der Waals surface area contributed by atoms with Gasteiger partial charge in [-0.1, -0.05) is 11.6 Å². The normalized spacial score (nSPS) is 9.69. The van der Waals surface area contributed by atoms with Crippen molar-refractivity contribution in [1.29, 1.82) is 0 Å². The van der Waals surface area contributed by atoms with Crippen molar-refractivity contribution in [3.8, 4) is 0 Å². The monoisotopic (exact) mass is 264 g/mol. The molecule has 16 heavy (non-hydrogen) atoms. The van der Waals surface area contributed by atoms with Crippen molar-refractivity contribution in [2.45, 2.75) is 0 Å². The molecule has 3 amide bonds. The van der Waals surface area contributed by atoms with E-state index in [0.717, 1.165) is 6.07 Å². The van der Waals surface area contributed by atoms with Gasteiger partial charge in [0.15, 0.2) is 0 Å². The maximum absolute atomic E-state index is 13.0. The van der Waals surface area contributed by atoms with E-state index < -0.39 is 17.8 Å². The van der Waals surface area contributed by atoms with Crippen molar-refractivity contribution >= 4 is 40.8 Å². The standard InChI is InChI=1S/C9H7Cl2FN2O2/c10-4-8(15)14-9(16)13-5-1-2-6(11)7(12)3-5/h1-3H,4H2,(H2,13,14,15,16). The molecule has 1 aromatic rings. The third kappa shape index (κ3) is 3.67. The van der Waals surface area contributed by atoms with Gasteiger partial charge in [-0.25, -0.2) is 9.18 Å². The van der Waals surface area contributed by atoms with Gasteiger partial charge in [0.1, 0.15) is 11.7 Å². The lowest BCUT2D eigenvalue weighted by Gasteiger charge is -2.05. The Hall–Kier alpha value is -1.33. The number of anilines is 1. The Morgan fingerprint density at radius 2 is 2.06 bits per heavy atom. The highest BCUT2D eigenvalue weighted by Crippen LogP contribution is 2.18. The van der Waals surface area contributed by atoms with E-state index in [0.29, 0.717) is 0 Å². The van der Waals surface area contributed by atoms with Crippen LogP contribution in [0.4, 0.5) is 14.9 Å². The number of amides is 3. The van der Waals surface area contributed by atoms with Crippen molar-refractivity contribution < 1.29 is 14.0 Å². The molecule has 0 atom stereocenters. The van der Waals surface area contributed by atoms with Gasteiger partial charge in [0, 0.05) is 5.69 Å². The lowest BCUT2D eigenvalue weighted by molar-refractivity contribution is -0.117. The van der Waals surface area contributed by atoms with E-state index in [1.54, 1.807) is 0 Å². The smallest absolute Gasteiger partial charge is 0.308 e. The average molecular weight is 265 g/mol. The van der Waals surface area contributed by atoms with Gasteiger partial charge >= 0.3 is 6.03 Å². The van der Waals surface area contributed by atoms with Crippen LogP contribution in [0.25, 0.3) is 0 Å². The van der Waals surface area contributed by atoms with E-state index in [9.17, 15) is 14.0 Å². The van der Waals surface area contributed by atoms with Crippen LogP contribution in [0.2, 0.25) is 5.02 Å². The van der Waals surface area contributed by atoms with Crippen LogP contribution in [0.1, 0.15) is 0 Å². The number of carbonyl (C=O) groups is 2. The third-order valence-corrected chi connectivity index (χ3v) is 2.10. The summed E-state index contributed by atoms with van der Waals surface area (Å²) in [6, 6.07) is 2.94. The van der Waals surface area contributed by atoms with Crippen molar-refractivity contribution in [3.63, 3.8) is 0 Å². The Morgan fingerprint density at radius 3 is 2.62 bits per heavy atom. The molecule has 1 aromatic carbocycles. The van der Waals surface area contributed by atoms with Gasteiger partial charge in [-0.3, -0.25) is 10.1 Å². The first kappa shape index (κ1) is 12.7. The second-order valence-electron chi connectivity index (χ2n) is 2.76. The molecular weight excluding hydrogens is 258 g/mol. The number of hydrogen-bond acceptors (Lipinski definition) is 2. The fourth-order valence-electron chi connectivity index (χ4n) is 0.896. The summed E-state index contributed by atoms with van der Waals surface area (Å²) in [6.45, 7) is 0. The molecule has 0 aliphatic carbocycles. The first-order valence-corrected chi connectivity index (χ1v) is 5.06. The number of rotatable bonds is 2. The van der Waals surface area contributed by atoms with Gasteiger partial charge in [0.2, 0.25) is 5.91 Å². The van der Waals surface area contributed by atoms with E-state index in [1.807, 2.05) is 5.32 Å². The highest BCUT2D eigenvalue weighted by molar-refractivity contribution is 6.30. The number of carbonyl (C=O) groups excluding carboxylic acids is 2. The number of benzene rings is 1. The minimum absolute atomic E-state index is 0.0530. The molecule has 1 rings (SSSR count). The number of imide groups is 1. The van der Waals surface area contributed by atoms with Crippen molar-refractivity contribution in [2.75, 3.05) is 11.2 Å². The summed E-state index contributed by atoms with van der Waals surface area (Å²) in [4.78, 5) is 21.9. The third-order valence-electron chi connectivity index (χ3n) is 1.55. The van der Waals surface area contributed by atoms with Crippen LogP contribution in [0.15, 0.2) is 18.2 Å². The van der Waals surface area contributed by atoms with Crippen LogP contribution in [-0.2, 0) is 4.79 Å². The largest absolute Gasteiger partial charge is 0.325 e. The van der Waals surface area contributed by atoms with E-state index in [4.69, 9.17) is 23.2 Å². The van der Waals surface area contributed by atoms with E-state index in [1.165, 1.54) is 12.1 Å². The molecule has 0 aromatic heterocycles. The van der Waals surface area contributed by atoms with Gasteiger partial charge in [-0.05, 0) is 18.2 Å². The molecule has 7 heteroatoms. The molecule has 0 aliphatic rings. The molecule has 0 aliphatic heterocycles. The van der Waals surface area contributed by atoms with Crippen LogP contribution in [0.3, 0.4) is 0 Å². The molecule has 86 valence electrons. The topological polar surface area (TPSA) is 58.2 Å². The van der Waals surface area contributed by atoms with E-state index in [2.05, 4.69) is 5.32 Å². The molecule has 0 bridgehead atoms. The van der Waals surface area contributed by atoms with E-state index in [-0.39, 0.29) is 16.6 Å². The minimum Gasteiger partial charge on any atom is -0.308 e. The summed E-state index contributed by atoms with van der Waals surface area (Å²) < 4.78 is 13.0. The molecule has 0 fully saturated rings. The molecule has 0 heterocycles. The van der Waals surface area contributed by atoms with E-state index >= 15 is 0 Å². The second-order valence-corrected chi connectivity index (χ2v) is 3.44. The van der Waals surface area contributed by atoms with Gasteiger partial charge in [-0.15, -0.1) is 11.6 Å². The summed E-state index contributed by atoms with van der Waals surface area (Å²) >= 11 is 10.6. The van der Waals surface area contributed by atoms with Gasteiger partial charge in [0.05, 0.1) is 5.02 Å². The summed E-state index contributed by atoms with van der Waals surface area (Å²) in [6.07, 6.45) is 0. The zero-order valence-electron chi connectivity index (χ0n) is 7.89. The quantitative estimate of drug-likeness (QED) is 0.806. The summed E-state index contributed by atoms with van der Waals surface area (Å²) in [5.41, 5.74) is 0.182. The molecule has 0 saturated heterocycles. The fourth-order valence-corrected chi connectivity index (χ4v) is 1.08. The fraction of sp³-hybridized carbons (Fsp3) is 0.111. The van der Waals surface area contributed by atoms with Crippen LogP contribution >= 0.6 is 23.2 Å². The van der Waals surface area contributed by atoms with Crippen molar-refractivity contribution in [1.82, 2.24) is 5.32 Å². The Bertz CT molecular complexity index is 426. The number of urea groups is 1. The molecule has 0 saturated carbocycles. The molecule has 0 unspecified atom stereocenters. The zero-order valence-corrected chi connectivity index (χ0v) is 9.40. The van der Waals surface area contributed by atoms with Crippen LogP contribution < -0.4 is 10.6 Å².